The largest absolute Gasteiger partial charge is 0.492 e. The number of rotatable bonds is 5. The van der Waals surface area contributed by atoms with Gasteiger partial charge in [0.2, 0.25) is 0 Å². The number of carbonyl (C=O) groups is 1. The molecule has 0 amide bonds. The third kappa shape index (κ3) is 3.69. The standard InChI is InChI=1S/C14H12ClNO3/c15-12-9-10(14(17)18)4-5-13(12)19-8-6-11-3-1-2-7-16-11/h1-5,7,9H,6,8H2,(H,17,18). The molecule has 4 nitrogen and oxygen atoms in total. The van der Waals surface area contributed by atoms with Crippen LogP contribution >= 0.6 is 11.6 Å². The van der Waals surface area contributed by atoms with Crippen LogP contribution in [0.5, 0.6) is 5.75 Å². The fourth-order valence-electron chi connectivity index (χ4n) is 1.56. The third-order valence-electron chi connectivity index (χ3n) is 2.52. The van der Waals surface area contributed by atoms with Crippen molar-refractivity contribution in [2.45, 2.75) is 6.42 Å². The molecule has 1 aromatic heterocycles. The number of pyridine rings is 1. The second-order valence-electron chi connectivity index (χ2n) is 3.87. The maximum absolute atomic E-state index is 10.8. The van der Waals surface area contributed by atoms with E-state index in [1.807, 2.05) is 18.2 Å². The Hall–Kier alpha value is -2.07. The van der Waals surface area contributed by atoms with Gasteiger partial charge < -0.3 is 9.84 Å². The van der Waals surface area contributed by atoms with Crippen LogP contribution < -0.4 is 4.74 Å². The molecule has 0 atom stereocenters. The number of nitrogens with zero attached hydrogens (tertiary/aromatic N) is 1. The summed E-state index contributed by atoms with van der Waals surface area (Å²) in [4.78, 5) is 14.9. The SMILES string of the molecule is O=C(O)c1ccc(OCCc2ccccn2)c(Cl)c1. The Labute approximate surface area is 115 Å². The van der Waals surface area contributed by atoms with E-state index in [2.05, 4.69) is 4.98 Å². The molecule has 2 aromatic rings. The van der Waals surface area contributed by atoms with Gasteiger partial charge in [-0.25, -0.2) is 4.79 Å². The van der Waals surface area contributed by atoms with Gasteiger partial charge in [-0.2, -0.15) is 0 Å². The first-order valence-corrected chi connectivity index (χ1v) is 6.10. The zero-order valence-corrected chi connectivity index (χ0v) is 10.8. The molecule has 2 rings (SSSR count). The van der Waals surface area contributed by atoms with Crippen LogP contribution in [0.3, 0.4) is 0 Å². The molecular formula is C14H12ClNO3. The number of aromatic carboxylic acids is 1. The Morgan fingerprint density at radius 1 is 1.32 bits per heavy atom. The van der Waals surface area contributed by atoms with E-state index in [-0.39, 0.29) is 5.56 Å². The van der Waals surface area contributed by atoms with Gasteiger partial charge in [-0.3, -0.25) is 4.98 Å². The smallest absolute Gasteiger partial charge is 0.335 e. The van der Waals surface area contributed by atoms with Crippen LogP contribution in [0.25, 0.3) is 0 Å². The summed E-state index contributed by atoms with van der Waals surface area (Å²) in [5.74, 6) is -0.537. The van der Waals surface area contributed by atoms with Crippen molar-refractivity contribution in [3.05, 3.63) is 58.9 Å². The lowest BCUT2D eigenvalue weighted by Crippen LogP contribution is -2.04. The lowest BCUT2D eigenvalue weighted by molar-refractivity contribution is 0.0697. The van der Waals surface area contributed by atoms with Crippen molar-refractivity contribution in [3.8, 4) is 5.75 Å². The lowest BCUT2D eigenvalue weighted by atomic mass is 10.2. The highest BCUT2D eigenvalue weighted by atomic mass is 35.5. The summed E-state index contributed by atoms with van der Waals surface area (Å²) >= 11 is 5.95. The summed E-state index contributed by atoms with van der Waals surface area (Å²) in [5, 5.41) is 9.11. The van der Waals surface area contributed by atoms with Gasteiger partial charge in [0.15, 0.2) is 0 Å². The maximum Gasteiger partial charge on any atom is 0.335 e. The van der Waals surface area contributed by atoms with E-state index in [1.165, 1.54) is 12.1 Å². The van der Waals surface area contributed by atoms with E-state index in [0.29, 0.717) is 23.8 Å². The van der Waals surface area contributed by atoms with E-state index < -0.39 is 5.97 Å². The third-order valence-corrected chi connectivity index (χ3v) is 2.82. The molecule has 0 bridgehead atoms. The molecule has 0 saturated heterocycles. The summed E-state index contributed by atoms with van der Waals surface area (Å²) in [6.45, 7) is 0.434. The van der Waals surface area contributed by atoms with Crippen LogP contribution in [0.15, 0.2) is 42.6 Å². The molecule has 1 N–H and O–H groups in total. The number of benzene rings is 1. The average Bonchev–Trinajstić information content (AvgIpc) is 2.41. The van der Waals surface area contributed by atoms with Crippen LogP contribution in [0, 0.1) is 0 Å². The number of hydrogen-bond donors (Lipinski definition) is 1. The van der Waals surface area contributed by atoms with Crippen molar-refractivity contribution < 1.29 is 14.6 Å². The lowest BCUT2D eigenvalue weighted by Gasteiger charge is -2.08. The second kappa shape index (κ2) is 6.20. The van der Waals surface area contributed by atoms with Crippen LogP contribution in [0.2, 0.25) is 5.02 Å². The van der Waals surface area contributed by atoms with E-state index in [0.717, 1.165) is 5.69 Å². The highest BCUT2D eigenvalue weighted by Crippen LogP contribution is 2.25. The summed E-state index contributed by atoms with van der Waals surface area (Å²) in [6, 6.07) is 10.1. The van der Waals surface area contributed by atoms with Crippen molar-refractivity contribution >= 4 is 17.6 Å². The first kappa shape index (κ1) is 13.4. The number of carboxylic acid groups (broad SMARTS) is 1. The van der Waals surface area contributed by atoms with E-state index in [1.54, 1.807) is 12.3 Å². The highest BCUT2D eigenvalue weighted by molar-refractivity contribution is 6.32. The quantitative estimate of drug-likeness (QED) is 0.912. The van der Waals surface area contributed by atoms with Gasteiger partial charge in [-0.15, -0.1) is 0 Å². The summed E-state index contributed by atoms with van der Waals surface area (Å²) < 4.78 is 5.51. The van der Waals surface area contributed by atoms with Gasteiger partial charge in [0.05, 0.1) is 17.2 Å². The summed E-state index contributed by atoms with van der Waals surface area (Å²) in [6.07, 6.45) is 2.39. The zero-order valence-electron chi connectivity index (χ0n) is 10.0. The van der Waals surface area contributed by atoms with Gasteiger partial charge in [-0.1, -0.05) is 17.7 Å². The normalized spacial score (nSPS) is 10.2. The maximum atomic E-state index is 10.8. The van der Waals surface area contributed by atoms with Gasteiger partial charge in [0, 0.05) is 18.3 Å². The Bertz CT molecular complexity index is 572. The number of carboxylic acids is 1. The Morgan fingerprint density at radius 3 is 2.79 bits per heavy atom. The molecule has 0 spiro atoms. The van der Waals surface area contributed by atoms with Crippen molar-refractivity contribution in [3.63, 3.8) is 0 Å². The first-order chi connectivity index (χ1) is 9.16. The number of aromatic nitrogens is 1. The minimum Gasteiger partial charge on any atom is -0.492 e. The fourth-order valence-corrected chi connectivity index (χ4v) is 1.80. The van der Waals surface area contributed by atoms with Crippen LogP contribution in [-0.4, -0.2) is 22.7 Å². The predicted octanol–water partition coefficient (Wildman–Crippen LogP) is 3.05. The molecule has 5 heteroatoms. The van der Waals surface area contributed by atoms with Crippen molar-refractivity contribution in [2.24, 2.45) is 0 Å². The molecule has 0 aliphatic heterocycles. The molecule has 0 radical (unpaired) electrons. The van der Waals surface area contributed by atoms with Gasteiger partial charge in [-0.05, 0) is 30.3 Å². The zero-order chi connectivity index (χ0) is 13.7. The molecule has 0 aliphatic carbocycles. The minimum atomic E-state index is -1.01. The molecule has 0 saturated carbocycles. The monoisotopic (exact) mass is 277 g/mol. The van der Waals surface area contributed by atoms with E-state index in [9.17, 15) is 4.79 Å². The fraction of sp³-hybridized carbons (Fsp3) is 0.143. The predicted molar refractivity (Wildman–Crippen MR) is 71.8 cm³/mol. The Balaban J connectivity index is 1.95. The number of halogens is 1. The summed E-state index contributed by atoms with van der Waals surface area (Å²) in [5.41, 5.74) is 1.07. The van der Waals surface area contributed by atoms with Crippen LogP contribution in [-0.2, 0) is 6.42 Å². The van der Waals surface area contributed by atoms with Crippen molar-refractivity contribution in [2.75, 3.05) is 6.61 Å². The molecule has 1 aromatic carbocycles. The van der Waals surface area contributed by atoms with Gasteiger partial charge >= 0.3 is 5.97 Å². The molecular weight excluding hydrogens is 266 g/mol. The Morgan fingerprint density at radius 2 is 2.16 bits per heavy atom. The number of ether oxygens (including phenoxy) is 1. The molecule has 0 unspecified atom stereocenters. The average molecular weight is 278 g/mol. The minimum absolute atomic E-state index is 0.141. The first-order valence-electron chi connectivity index (χ1n) is 5.72. The topological polar surface area (TPSA) is 59.4 Å². The van der Waals surface area contributed by atoms with Gasteiger partial charge in [0.1, 0.15) is 5.75 Å². The van der Waals surface area contributed by atoms with E-state index in [4.69, 9.17) is 21.4 Å². The van der Waals surface area contributed by atoms with E-state index >= 15 is 0 Å². The second-order valence-corrected chi connectivity index (χ2v) is 4.28. The molecule has 1 heterocycles. The Kier molecular flexibility index (Phi) is 4.36. The molecule has 0 fully saturated rings. The summed E-state index contributed by atoms with van der Waals surface area (Å²) in [7, 11) is 0. The van der Waals surface area contributed by atoms with Crippen molar-refractivity contribution in [1.82, 2.24) is 4.98 Å². The molecule has 19 heavy (non-hydrogen) atoms. The number of hydrogen-bond acceptors (Lipinski definition) is 3. The molecule has 98 valence electrons. The van der Waals surface area contributed by atoms with Crippen LogP contribution in [0.1, 0.15) is 16.1 Å². The van der Waals surface area contributed by atoms with Gasteiger partial charge in [0.25, 0.3) is 0 Å². The van der Waals surface area contributed by atoms with Crippen LogP contribution in [0.4, 0.5) is 0 Å². The highest BCUT2D eigenvalue weighted by Gasteiger charge is 2.07. The van der Waals surface area contributed by atoms with Crippen molar-refractivity contribution in [1.29, 1.82) is 0 Å². The molecule has 0 aliphatic rings.